The van der Waals surface area contributed by atoms with Crippen molar-refractivity contribution in [2.45, 2.75) is 64.6 Å². The fourth-order valence-electron chi connectivity index (χ4n) is 2.93. The van der Waals surface area contributed by atoms with Gasteiger partial charge in [0.05, 0.1) is 18.2 Å². The van der Waals surface area contributed by atoms with Gasteiger partial charge in [0.1, 0.15) is 5.75 Å². The van der Waals surface area contributed by atoms with E-state index >= 15 is 0 Å². The van der Waals surface area contributed by atoms with Crippen molar-refractivity contribution < 1.29 is 19.1 Å². The summed E-state index contributed by atoms with van der Waals surface area (Å²) in [6.07, 6.45) is 5.13. The van der Waals surface area contributed by atoms with Crippen LogP contribution in [-0.4, -0.2) is 26.0 Å². The van der Waals surface area contributed by atoms with Crippen LogP contribution >= 0.6 is 0 Å². The fourth-order valence-corrected chi connectivity index (χ4v) is 3.95. The molecule has 0 fully saturated rings. The van der Waals surface area contributed by atoms with Crippen molar-refractivity contribution in [3.63, 3.8) is 0 Å². The molecule has 33 heavy (non-hydrogen) atoms. The lowest BCUT2D eigenvalue weighted by molar-refractivity contribution is -0.135. The van der Waals surface area contributed by atoms with Crippen LogP contribution in [0, 0.1) is 11.3 Å². The molecule has 0 aliphatic carbocycles. The first-order valence-corrected chi connectivity index (χ1v) is 14.3. The van der Waals surface area contributed by atoms with Crippen LogP contribution in [0.25, 0.3) is 11.1 Å². The lowest BCUT2D eigenvalue weighted by Crippen LogP contribution is -2.41. The van der Waals surface area contributed by atoms with Crippen LogP contribution in [0.1, 0.15) is 52.0 Å². The molecule has 0 saturated heterocycles. The second kappa shape index (κ2) is 11.7. The minimum absolute atomic E-state index is 0.0426. The largest absolute Gasteiger partial charge is 0.539 e. The number of hydrogen-bond donors (Lipinski definition) is 1. The summed E-state index contributed by atoms with van der Waals surface area (Å²) in [5.41, 5.74) is 2.79. The van der Waals surface area contributed by atoms with E-state index in [0.29, 0.717) is 18.6 Å². The van der Waals surface area contributed by atoms with E-state index in [1.807, 2.05) is 48.5 Å². The minimum atomic E-state index is -2.16. The molecule has 2 aromatic carbocycles. The summed E-state index contributed by atoms with van der Waals surface area (Å²) in [7, 11) is -2.16. The van der Waals surface area contributed by atoms with E-state index in [9.17, 15) is 9.90 Å². The summed E-state index contributed by atoms with van der Waals surface area (Å²) in [6.45, 7) is 11.0. The Kier molecular flexibility index (Phi) is 9.30. The first kappa shape index (κ1) is 26.2. The van der Waals surface area contributed by atoms with Gasteiger partial charge in [0.2, 0.25) is 0 Å². The molecule has 0 radical (unpaired) electrons. The molecule has 1 N–H and O–H groups in total. The van der Waals surface area contributed by atoms with Crippen LogP contribution in [0.5, 0.6) is 5.75 Å². The van der Waals surface area contributed by atoms with Gasteiger partial charge < -0.3 is 14.3 Å². The van der Waals surface area contributed by atoms with Crippen LogP contribution in [0.2, 0.25) is 18.1 Å². The smallest absolute Gasteiger partial charge is 0.369 e. The van der Waals surface area contributed by atoms with E-state index in [0.717, 1.165) is 36.1 Å². The molecular weight excluding hydrogens is 430 g/mol. The van der Waals surface area contributed by atoms with Gasteiger partial charge in [-0.25, -0.2) is 4.79 Å². The minimum Gasteiger partial charge on any atom is -0.539 e. The molecule has 0 aromatic heterocycles. The van der Waals surface area contributed by atoms with Crippen LogP contribution in [0.3, 0.4) is 0 Å². The highest BCUT2D eigenvalue weighted by molar-refractivity contribution is 6.74. The normalized spacial score (nSPS) is 12.2. The molecule has 176 valence electrons. The molecule has 0 bridgehead atoms. The van der Waals surface area contributed by atoms with Crippen LogP contribution in [0.4, 0.5) is 0 Å². The molecule has 0 aliphatic heterocycles. The number of nitrogens with zero attached hydrogens (tertiary/aromatic N) is 1. The van der Waals surface area contributed by atoms with Crippen molar-refractivity contribution in [3.05, 3.63) is 65.9 Å². The van der Waals surface area contributed by atoms with Crippen molar-refractivity contribution in [1.82, 2.24) is 0 Å². The van der Waals surface area contributed by atoms with Gasteiger partial charge in [-0.05, 0) is 85.3 Å². The highest BCUT2D eigenvalue weighted by Gasteiger charge is 2.40. The van der Waals surface area contributed by atoms with Crippen molar-refractivity contribution in [3.8, 4) is 22.9 Å². The molecule has 0 spiro atoms. The van der Waals surface area contributed by atoms with Crippen molar-refractivity contribution >= 4 is 14.3 Å². The molecular formula is C27H35NO4Si. The molecule has 2 aromatic rings. The predicted octanol–water partition coefficient (Wildman–Crippen LogP) is 7.15. The first-order chi connectivity index (χ1) is 15.5. The average Bonchev–Trinajstić information content (AvgIpc) is 2.77. The van der Waals surface area contributed by atoms with Crippen molar-refractivity contribution in [2.75, 3.05) is 6.61 Å². The Hall–Kier alpha value is -3.04. The van der Waals surface area contributed by atoms with Gasteiger partial charge in [-0.15, -0.1) is 0 Å². The zero-order valence-corrected chi connectivity index (χ0v) is 21.4. The number of nitriles is 1. The fraction of sp³-hybridized carbons (Fsp3) is 0.407. The molecule has 5 nitrogen and oxygen atoms in total. The first-order valence-electron chi connectivity index (χ1n) is 11.4. The summed E-state index contributed by atoms with van der Waals surface area (Å²) in [5.74, 6) is -0.0870. The van der Waals surface area contributed by atoms with Crippen molar-refractivity contribution in [2.24, 2.45) is 0 Å². The number of hydrogen-bond acceptors (Lipinski definition) is 4. The maximum atomic E-state index is 11.6. The number of aliphatic carboxylic acids is 1. The molecule has 0 saturated carbocycles. The predicted molar refractivity (Wildman–Crippen MR) is 135 cm³/mol. The molecule has 2 rings (SSSR count). The number of carboxylic acids is 1. The van der Waals surface area contributed by atoms with E-state index in [2.05, 4.69) is 39.9 Å². The lowest BCUT2D eigenvalue weighted by Gasteiger charge is -2.36. The second-order valence-corrected chi connectivity index (χ2v) is 14.4. The highest BCUT2D eigenvalue weighted by Crippen LogP contribution is 2.38. The summed E-state index contributed by atoms with van der Waals surface area (Å²) in [5, 5.41) is 18.3. The highest BCUT2D eigenvalue weighted by atomic mass is 28.4. The average molecular weight is 466 g/mol. The molecule has 0 aliphatic rings. The number of carboxylic acid groups (broad SMARTS) is 1. The van der Waals surface area contributed by atoms with E-state index in [4.69, 9.17) is 14.4 Å². The van der Waals surface area contributed by atoms with E-state index < -0.39 is 14.3 Å². The molecule has 0 amide bonds. The van der Waals surface area contributed by atoms with Gasteiger partial charge in [-0.2, -0.15) is 5.26 Å². The summed E-state index contributed by atoms with van der Waals surface area (Å²) in [4.78, 5) is 11.6. The molecule has 0 heterocycles. The number of rotatable bonds is 11. The summed E-state index contributed by atoms with van der Waals surface area (Å²) >= 11 is 0. The van der Waals surface area contributed by atoms with Gasteiger partial charge in [0.15, 0.2) is 5.76 Å². The third kappa shape index (κ3) is 8.10. The van der Waals surface area contributed by atoms with Gasteiger partial charge >= 0.3 is 5.97 Å². The van der Waals surface area contributed by atoms with Gasteiger partial charge in [-0.1, -0.05) is 45.0 Å². The Morgan fingerprint density at radius 1 is 1.00 bits per heavy atom. The number of unbranched alkanes of at least 4 members (excludes halogenated alkanes) is 3. The SMILES string of the molecule is CC(C)(C)[Si](C)(C)O/C(=C\CCCCCOc1ccc(-c2ccc(C#N)cc2)cc1)C(=O)O. The number of carbonyl (C=O) groups is 1. The second-order valence-electron chi connectivity index (χ2n) is 9.65. The van der Waals surface area contributed by atoms with Crippen LogP contribution in [-0.2, 0) is 9.22 Å². The maximum absolute atomic E-state index is 11.6. The third-order valence-corrected chi connectivity index (χ3v) is 10.4. The Balaban J connectivity index is 1.74. The summed E-state index contributed by atoms with van der Waals surface area (Å²) in [6, 6.07) is 17.6. The Morgan fingerprint density at radius 3 is 2.09 bits per heavy atom. The molecule has 6 heteroatoms. The number of ether oxygens (including phenoxy) is 1. The summed E-state index contributed by atoms with van der Waals surface area (Å²) < 4.78 is 11.8. The topological polar surface area (TPSA) is 79.5 Å². The monoisotopic (exact) mass is 465 g/mol. The van der Waals surface area contributed by atoms with Crippen LogP contribution in [0.15, 0.2) is 60.4 Å². The van der Waals surface area contributed by atoms with Crippen LogP contribution < -0.4 is 4.74 Å². The number of allylic oxidation sites excluding steroid dienone is 1. The zero-order valence-electron chi connectivity index (χ0n) is 20.4. The Labute approximate surface area is 198 Å². The zero-order chi connectivity index (χ0) is 24.5. The van der Waals surface area contributed by atoms with Gasteiger partial charge in [0.25, 0.3) is 8.32 Å². The van der Waals surface area contributed by atoms with Gasteiger partial charge in [-0.3, -0.25) is 0 Å². The van der Waals surface area contributed by atoms with E-state index in [1.165, 1.54) is 0 Å². The lowest BCUT2D eigenvalue weighted by atomic mass is 10.0. The maximum Gasteiger partial charge on any atom is 0.369 e. The third-order valence-electron chi connectivity index (χ3n) is 6.03. The van der Waals surface area contributed by atoms with Crippen molar-refractivity contribution in [1.29, 1.82) is 5.26 Å². The van der Waals surface area contributed by atoms with Gasteiger partial charge in [0, 0.05) is 0 Å². The van der Waals surface area contributed by atoms with E-state index in [1.54, 1.807) is 6.08 Å². The quantitative estimate of drug-likeness (QED) is 0.165. The number of benzene rings is 2. The van der Waals surface area contributed by atoms with E-state index in [-0.39, 0.29) is 10.8 Å². The molecule has 0 unspecified atom stereocenters. The Morgan fingerprint density at radius 2 is 1.58 bits per heavy atom. The standard InChI is InChI=1S/C27H35NO4Si/c1-27(2,3)33(4,5)32-25(26(29)30)10-8-6-7-9-19-31-24-17-15-23(16-18-24)22-13-11-21(20-28)12-14-22/h10-18H,6-9,19H2,1-5H3,(H,29,30)/b25-10-. The Bertz CT molecular complexity index is 981. The molecule has 0 atom stereocenters.